The zero-order valence-electron chi connectivity index (χ0n) is 14.4. The highest BCUT2D eigenvalue weighted by Crippen LogP contribution is 2.29. The Morgan fingerprint density at radius 1 is 1.31 bits per heavy atom. The third-order valence-corrected chi connectivity index (χ3v) is 5.38. The van der Waals surface area contributed by atoms with E-state index in [4.69, 9.17) is 4.74 Å². The highest BCUT2D eigenvalue weighted by Gasteiger charge is 2.20. The molecule has 0 unspecified atom stereocenters. The summed E-state index contributed by atoms with van der Waals surface area (Å²) in [4.78, 5) is 33.2. The maximum absolute atomic E-state index is 12.5. The van der Waals surface area contributed by atoms with Gasteiger partial charge in [-0.05, 0) is 32.0 Å². The quantitative estimate of drug-likeness (QED) is 0.561. The van der Waals surface area contributed by atoms with Gasteiger partial charge in [0.05, 0.1) is 16.6 Å². The minimum Gasteiger partial charge on any atom is -0.450 e. The van der Waals surface area contributed by atoms with E-state index in [0.29, 0.717) is 21.6 Å². The number of para-hydroxylation sites is 1. The third kappa shape index (κ3) is 2.68. The lowest BCUT2D eigenvalue weighted by atomic mass is 10.2. The maximum atomic E-state index is 12.5. The average molecular weight is 368 g/mol. The molecule has 7 nitrogen and oxygen atoms in total. The number of thiophene rings is 1. The molecule has 0 saturated heterocycles. The highest BCUT2D eigenvalue weighted by molar-refractivity contribution is 7.20. The van der Waals surface area contributed by atoms with E-state index in [9.17, 15) is 9.59 Å². The number of fused-ring (bicyclic) bond motifs is 2. The number of H-pyrrole nitrogens is 1. The Morgan fingerprint density at radius 3 is 2.85 bits per heavy atom. The summed E-state index contributed by atoms with van der Waals surface area (Å²) in [7, 11) is 1.84. The Bertz CT molecular complexity index is 1170. The maximum Gasteiger partial charge on any atom is 0.349 e. The van der Waals surface area contributed by atoms with Crippen molar-refractivity contribution in [3.63, 3.8) is 0 Å². The zero-order chi connectivity index (χ0) is 18.4. The van der Waals surface area contributed by atoms with Gasteiger partial charge in [0.1, 0.15) is 9.71 Å². The molecule has 1 atom stereocenters. The number of carbonyl (C=O) groups excluding carboxylic acids is 1. The molecule has 0 bridgehead atoms. The van der Waals surface area contributed by atoms with Gasteiger partial charge in [-0.3, -0.25) is 9.48 Å². The van der Waals surface area contributed by atoms with E-state index in [1.165, 1.54) is 11.3 Å². The largest absolute Gasteiger partial charge is 0.450 e. The summed E-state index contributed by atoms with van der Waals surface area (Å²) in [5, 5.41) is 5.76. The number of ether oxygens (including phenoxy) is 1. The number of nitrogens with zero attached hydrogens (tertiary/aromatic N) is 3. The van der Waals surface area contributed by atoms with Gasteiger partial charge in [-0.25, -0.2) is 9.78 Å². The first-order valence-electron chi connectivity index (χ1n) is 8.07. The van der Waals surface area contributed by atoms with Crippen molar-refractivity contribution in [1.29, 1.82) is 0 Å². The van der Waals surface area contributed by atoms with Crippen LogP contribution in [0.5, 0.6) is 0 Å². The van der Waals surface area contributed by atoms with Gasteiger partial charge in [-0.15, -0.1) is 11.3 Å². The number of aryl methyl sites for hydroxylation is 2. The van der Waals surface area contributed by atoms with Gasteiger partial charge >= 0.3 is 5.97 Å². The van der Waals surface area contributed by atoms with E-state index in [0.717, 1.165) is 15.9 Å². The van der Waals surface area contributed by atoms with Gasteiger partial charge in [0.2, 0.25) is 0 Å². The Kier molecular flexibility index (Phi) is 3.84. The van der Waals surface area contributed by atoms with Crippen molar-refractivity contribution < 1.29 is 9.53 Å². The topological polar surface area (TPSA) is 89.9 Å². The number of hydrogen-bond donors (Lipinski definition) is 1. The van der Waals surface area contributed by atoms with Crippen molar-refractivity contribution in [3.8, 4) is 0 Å². The van der Waals surface area contributed by atoms with Gasteiger partial charge < -0.3 is 9.72 Å². The van der Waals surface area contributed by atoms with Crippen LogP contribution < -0.4 is 5.56 Å². The van der Waals surface area contributed by atoms with Crippen molar-refractivity contribution >= 4 is 38.4 Å². The molecule has 0 aliphatic heterocycles. The minimum atomic E-state index is -0.677. The molecule has 0 saturated carbocycles. The number of hydrogen-bond acceptors (Lipinski definition) is 6. The molecule has 0 amide bonds. The lowest BCUT2D eigenvalue weighted by Crippen LogP contribution is -2.17. The molecule has 1 aromatic carbocycles. The molecule has 132 valence electrons. The SMILES string of the molecule is Cc1nn(C)c2sc(C(=O)O[C@@H](C)c3nc4ccccc4c(=O)[nH]3)cc12. The van der Waals surface area contributed by atoms with E-state index < -0.39 is 12.1 Å². The number of aromatic nitrogens is 4. The van der Waals surface area contributed by atoms with Gasteiger partial charge in [0, 0.05) is 12.4 Å². The van der Waals surface area contributed by atoms with Crippen molar-refractivity contribution in [3.05, 3.63) is 57.1 Å². The fourth-order valence-electron chi connectivity index (χ4n) is 2.88. The third-order valence-electron chi connectivity index (χ3n) is 4.20. The standard InChI is InChI=1S/C18H16N4O3S/c1-9-12-8-14(26-17(12)22(3)21-9)18(24)25-10(2)15-19-13-7-5-4-6-11(13)16(23)20-15/h4-8,10H,1-3H3,(H,19,20,23)/t10-/m0/s1. The Balaban J connectivity index is 1.62. The van der Waals surface area contributed by atoms with E-state index in [1.54, 1.807) is 35.9 Å². The summed E-state index contributed by atoms with van der Waals surface area (Å²) in [5.74, 6) is -0.130. The summed E-state index contributed by atoms with van der Waals surface area (Å²) in [6.07, 6.45) is -0.677. The number of carbonyl (C=O) groups is 1. The van der Waals surface area contributed by atoms with Crippen LogP contribution in [-0.4, -0.2) is 25.7 Å². The normalized spacial score (nSPS) is 12.6. The van der Waals surface area contributed by atoms with Crippen molar-refractivity contribution in [1.82, 2.24) is 19.7 Å². The van der Waals surface area contributed by atoms with Gasteiger partial charge in [-0.2, -0.15) is 5.10 Å². The molecule has 0 aliphatic carbocycles. The first kappa shape index (κ1) is 16.5. The molecule has 4 rings (SSSR count). The fraction of sp³-hybridized carbons (Fsp3) is 0.222. The van der Waals surface area contributed by atoms with Gasteiger partial charge in [0.15, 0.2) is 11.9 Å². The molecule has 1 N–H and O–H groups in total. The molecule has 3 aromatic heterocycles. The smallest absolute Gasteiger partial charge is 0.349 e. The fourth-order valence-corrected chi connectivity index (χ4v) is 3.88. The number of nitrogens with one attached hydrogen (secondary N) is 1. The summed E-state index contributed by atoms with van der Waals surface area (Å²) >= 11 is 1.33. The molecule has 0 fully saturated rings. The molecular formula is C18H16N4O3S. The summed E-state index contributed by atoms with van der Waals surface area (Å²) in [6.45, 7) is 3.58. The van der Waals surface area contributed by atoms with Crippen molar-refractivity contribution in [2.45, 2.75) is 20.0 Å². The molecule has 0 aliphatic rings. The van der Waals surface area contributed by atoms with E-state index in [2.05, 4.69) is 15.1 Å². The second kappa shape index (κ2) is 6.06. The predicted octanol–water partition coefficient (Wildman–Crippen LogP) is 3.10. The molecule has 0 radical (unpaired) electrons. The molecule has 26 heavy (non-hydrogen) atoms. The summed E-state index contributed by atoms with van der Waals surface area (Å²) in [5.41, 5.74) is 1.18. The number of aromatic amines is 1. The van der Waals surface area contributed by atoms with Crippen LogP contribution in [0, 0.1) is 6.92 Å². The number of benzene rings is 1. The van der Waals surface area contributed by atoms with Crippen LogP contribution in [0.1, 0.15) is 34.2 Å². The Hall–Kier alpha value is -3.00. The lowest BCUT2D eigenvalue weighted by molar-refractivity contribution is 0.0326. The van der Waals surface area contributed by atoms with Gasteiger partial charge in [-0.1, -0.05) is 12.1 Å². The predicted molar refractivity (Wildman–Crippen MR) is 99.5 cm³/mol. The molecule has 4 aromatic rings. The first-order chi connectivity index (χ1) is 12.4. The van der Waals surface area contributed by atoms with Crippen molar-refractivity contribution in [2.75, 3.05) is 0 Å². The average Bonchev–Trinajstić information content (AvgIpc) is 3.17. The Morgan fingerprint density at radius 2 is 2.08 bits per heavy atom. The molecular weight excluding hydrogens is 352 g/mol. The van der Waals surface area contributed by atoms with E-state index >= 15 is 0 Å². The Labute approximate surface area is 152 Å². The number of esters is 1. The van der Waals surface area contributed by atoms with Crippen LogP contribution in [0.2, 0.25) is 0 Å². The molecule has 8 heteroatoms. The number of rotatable bonds is 3. The highest BCUT2D eigenvalue weighted by atomic mass is 32.1. The van der Waals surface area contributed by atoms with Gasteiger partial charge in [0.25, 0.3) is 5.56 Å². The molecule has 0 spiro atoms. The van der Waals surface area contributed by atoms with Crippen LogP contribution in [0.3, 0.4) is 0 Å². The van der Waals surface area contributed by atoms with Crippen LogP contribution in [0.25, 0.3) is 21.1 Å². The van der Waals surface area contributed by atoms with Crippen LogP contribution in [-0.2, 0) is 11.8 Å². The van der Waals surface area contributed by atoms with Crippen LogP contribution in [0.4, 0.5) is 0 Å². The van der Waals surface area contributed by atoms with Crippen molar-refractivity contribution in [2.24, 2.45) is 7.05 Å². The van der Waals surface area contributed by atoms with Crippen LogP contribution in [0.15, 0.2) is 35.1 Å². The minimum absolute atomic E-state index is 0.253. The van der Waals surface area contributed by atoms with E-state index in [1.807, 2.05) is 20.0 Å². The summed E-state index contributed by atoms with van der Waals surface area (Å²) in [6, 6.07) is 8.83. The second-order valence-corrected chi connectivity index (χ2v) is 7.08. The first-order valence-corrected chi connectivity index (χ1v) is 8.89. The van der Waals surface area contributed by atoms with Crippen LogP contribution >= 0.6 is 11.3 Å². The summed E-state index contributed by atoms with van der Waals surface area (Å²) < 4.78 is 7.26. The van der Waals surface area contributed by atoms with E-state index in [-0.39, 0.29) is 5.56 Å². The lowest BCUT2D eigenvalue weighted by Gasteiger charge is -2.12. The zero-order valence-corrected chi connectivity index (χ0v) is 15.3. The second-order valence-electron chi connectivity index (χ2n) is 6.05. The monoisotopic (exact) mass is 368 g/mol. The molecule has 3 heterocycles.